The summed E-state index contributed by atoms with van der Waals surface area (Å²) in [7, 11) is -1.60. The minimum atomic E-state index is -4.59. The lowest BCUT2D eigenvalue weighted by molar-refractivity contribution is -0.184. The molecule has 0 radical (unpaired) electrons. The van der Waals surface area contributed by atoms with Gasteiger partial charge < -0.3 is 0 Å². The fraction of sp³-hybridized carbons (Fsp3) is 0.812. The van der Waals surface area contributed by atoms with Gasteiger partial charge in [-0.3, -0.25) is 0 Å². The molecule has 0 aromatic carbocycles. The van der Waals surface area contributed by atoms with Gasteiger partial charge in [0.05, 0.1) is 33.4 Å². The van der Waals surface area contributed by atoms with E-state index in [1.807, 2.05) is 0 Å². The number of halogens is 6. The molecule has 0 saturated heterocycles. The monoisotopic (exact) mass is 436 g/mol. The number of rotatable bonds is 4. The number of aromatic nitrogens is 1. The van der Waals surface area contributed by atoms with Crippen LogP contribution >= 0.6 is 11.3 Å². The van der Waals surface area contributed by atoms with E-state index in [-0.39, 0.29) is 37.3 Å². The molecule has 2 atom stereocenters. The largest absolute Gasteiger partial charge is 0.443 e. The maximum Gasteiger partial charge on any atom is 0.443 e. The zero-order valence-corrected chi connectivity index (χ0v) is 16.7. The lowest BCUT2D eigenvalue weighted by atomic mass is 9.78. The average molecular weight is 436 g/mol. The van der Waals surface area contributed by atoms with Crippen molar-refractivity contribution in [1.29, 1.82) is 0 Å². The highest BCUT2D eigenvalue weighted by atomic mass is 32.2. The van der Waals surface area contributed by atoms with Crippen LogP contribution in [0, 0.1) is 11.8 Å². The Kier molecular flexibility index (Phi) is 6.68. The molecule has 1 aliphatic rings. The number of hydrogen-bond acceptors (Lipinski definition) is 3. The molecule has 1 heterocycles. The lowest BCUT2D eigenvalue weighted by Crippen LogP contribution is -2.40. The molecule has 0 aliphatic heterocycles. The molecule has 156 valence electrons. The third kappa shape index (κ3) is 5.90. The highest BCUT2D eigenvalue weighted by Crippen LogP contribution is 2.44. The standard InChI is InChI=1S/C16H22F6N2OS2/c1-14(2,3)27(25)24-12(11-8-26-13(23-11)16(20,21)22)9-4-6-10(7-5-9)15(17,18)19/h8-10,12,24H,4-7H2,1-3H3/t9?,10?,12?,27-/m1/s1. The van der Waals surface area contributed by atoms with E-state index in [4.69, 9.17) is 0 Å². The molecule has 0 amide bonds. The second kappa shape index (κ2) is 7.98. The Morgan fingerprint density at radius 1 is 1.11 bits per heavy atom. The van der Waals surface area contributed by atoms with Crippen molar-refractivity contribution < 1.29 is 30.6 Å². The number of alkyl halides is 6. The molecular weight excluding hydrogens is 414 g/mol. The van der Waals surface area contributed by atoms with Crippen LogP contribution in [0.1, 0.15) is 63.2 Å². The zero-order valence-electron chi connectivity index (χ0n) is 15.1. The van der Waals surface area contributed by atoms with Crippen LogP contribution in [0.15, 0.2) is 5.38 Å². The van der Waals surface area contributed by atoms with E-state index in [0.29, 0.717) is 11.3 Å². The molecule has 11 heteroatoms. The molecule has 2 rings (SSSR count). The van der Waals surface area contributed by atoms with Crippen molar-refractivity contribution in [2.45, 2.75) is 69.6 Å². The van der Waals surface area contributed by atoms with Crippen LogP contribution in [0.5, 0.6) is 0 Å². The van der Waals surface area contributed by atoms with E-state index >= 15 is 0 Å². The molecule has 1 N–H and O–H groups in total. The van der Waals surface area contributed by atoms with Crippen molar-refractivity contribution in [3.63, 3.8) is 0 Å². The fourth-order valence-corrected chi connectivity index (χ4v) is 4.65. The van der Waals surface area contributed by atoms with Gasteiger partial charge in [-0.15, -0.1) is 11.3 Å². The van der Waals surface area contributed by atoms with E-state index in [9.17, 15) is 30.6 Å². The quantitative estimate of drug-likeness (QED) is 0.622. The number of nitrogens with one attached hydrogen (secondary N) is 1. The Balaban J connectivity index is 2.23. The summed E-state index contributed by atoms with van der Waals surface area (Å²) in [5.41, 5.74) is 0.0837. The number of nitrogens with zero attached hydrogens (tertiary/aromatic N) is 1. The van der Waals surface area contributed by atoms with Crippen molar-refractivity contribution in [3.05, 3.63) is 16.1 Å². The summed E-state index contributed by atoms with van der Waals surface area (Å²) in [6.45, 7) is 5.11. The van der Waals surface area contributed by atoms with E-state index < -0.39 is 45.1 Å². The first-order valence-electron chi connectivity index (χ1n) is 8.47. The first-order valence-corrected chi connectivity index (χ1v) is 10.5. The molecule has 1 saturated carbocycles. The maximum atomic E-state index is 12.9. The molecule has 1 fully saturated rings. The first kappa shape index (κ1) is 22.6. The third-order valence-electron chi connectivity index (χ3n) is 4.58. The Labute approximate surface area is 160 Å². The van der Waals surface area contributed by atoms with Gasteiger partial charge in [-0.05, 0) is 52.4 Å². The van der Waals surface area contributed by atoms with Crippen molar-refractivity contribution in [2.75, 3.05) is 0 Å². The zero-order chi connectivity index (χ0) is 20.6. The van der Waals surface area contributed by atoms with Crippen LogP contribution < -0.4 is 4.72 Å². The van der Waals surface area contributed by atoms with Gasteiger partial charge >= 0.3 is 12.4 Å². The predicted octanol–water partition coefficient (Wildman–Crippen LogP) is 5.62. The normalized spacial score (nSPS) is 24.6. The van der Waals surface area contributed by atoms with Gasteiger partial charge in [0.15, 0.2) is 5.01 Å². The van der Waals surface area contributed by atoms with Gasteiger partial charge in [-0.2, -0.15) is 26.3 Å². The highest BCUT2D eigenvalue weighted by Gasteiger charge is 2.44. The van der Waals surface area contributed by atoms with Gasteiger partial charge in [-0.25, -0.2) is 13.9 Å². The van der Waals surface area contributed by atoms with Crippen molar-refractivity contribution in [1.82, 2.24) is 9.71 Å². The van der Waals surface area contributed by atoms with E-state index in [1.54, 1.807) is 20.8 Å². The number of thiazole rings is 1. The summed E-state index contributed by atoms with van der Waals surface area (Å²) in [5.74, 6) is -1.76. The van der Waals surface area contributed by atoms with Crippen molar-refractivity contribution in [2.24, 2.45) is 11.8 Å². The van der Waals surface area contributed by atoms with Gasteiger partial charge in [0.1, 0.15) is 0 Å². The van der Waals surface area contributed by atoms with Gasteiger partial charge in [-0.1, -0.05) is 0 Å². The molecule has 3 nitrogen and oxygen atoms in total. The fourth-order valence-electron chi connectivity index (χ4n) is 3.03. The molecule has 1 aliphatic carbocycles. The SMILES string of the molecule is CC(C)(C)[S@@](=O)NC(c1csc(C(F)(F)F)n1)C1CCC(C(F)(F)F)CC1. The van der Waals surface area contributed by atoms with Crippen molar-refractivity contribution >= 4 is 22.3 Å². The van der Waals surface area contributed by atoms with Crippen LogP contribution in [-0.4, -0.2) is 20.1 Å². The Morgan fingerprint density at radius 2 is 1.67 bits per heavy atom. The first-order chi connectivity index (χ1) is 12.2. The van der Waals surface area contributed by atoms with Gasteiger partial charge in [0, 0.05) is 5.38 Å². The second-order valence-electron chi connectivity index (χ2n) is 7.71. The Morgan fingerprint density at radius 3 is 2.07 bits per heavy atom. The van der Waals surface area contributed by atoms with Crippen LogP contribution in [0.4, 0.5) is 26.3 Å². The molecule has 1 aromatic heterocycles. The molecular formula is C16H22F6N2OS2. The number of hydrogen-bond donors (Lipinski definition) is 1. The second-order valence-corrected chi connectivity index (χ2v) is 10.6. The molecule has 27 heavy (non-hydrogen) atoms. The highest BCUT2D eigenvalue weighted by molar-refractivity contribution is 7.84. The predicted molar refractivity (Wildman–Crippen MR) is 92.4 cm³/mol. The average Bonchev–Trinajstić information content (AvgIpc) is 3.00. The third-order valence-corrected chi connectivity index (χ3v) is 7.07. The van der Waals surface area contributed by atoms with Crippen LogP contribution in [0.25, 0.3) is 0 Å². The Bertz CT molecular complexity index is 657. The smallest absolute Gasteiger partial charge is 0.242 e. The molecule has 0 bridgehead atoms. The van der Waals surface area contributed by atoms with Crippen molar-refractivity contribution in [3.8, 4) is 0 Å². The summed E-state index contributed by atoms with van der Waals surface area (Å²) in [5, 5.41) is 0.228. The maximum absolute atomic E-state index is 12.9. The van der Waals surface area contributed by atoms with Gasteiger partial charge in [0.2, 0.25) is 0 Å². The summed E-state index contributed by atoms with van der Waals surface area (Å²) in [4.78, 5) is 3.63. The van der Waals surface area contributed by atoms with E-state index in [0.717, 1.165) is 0 Å². The minimum absolute atomic E-state index is 0.0837. The topological polar surface area (TPSA) is 42.0 Å². The summed E-state index contributed by atoms with van der Waals surface area (Å²) in [6.07, 6.45) is -8.68. The summed E-state index contributed by atoms with van der Waals surface area (Å²) >= 11 is 0.433. The summed E-state index contributed by atoms with van der Waals surface area (Å²) < 4.78 is 92.0. The van der Waals surface area contributed by atoms with Crippen LogP contribution in [-0.2, 0) is 17.2 Å². The molecule has 1 unspecified atom stereocenters. The molecule has 0 spiro atoms. The van der Waals surface area contributed by atoms with E-state index in [2.05, 4.69) is 9.71 Å². The van der Waals surface area contributed by atoms with E-state index in [1.165, 1.54) is 5.38 Å². The summed E-state index contributed by atoms with van der Waals surface area (Å²) in [6, 6.07) is -0.786. The van der Waals surface area contributed by atoms with Crippen LogP contribution in [0.3, 0.4) is 0 Å². The van der Waals surface area contributed by atoms with Crippen LogP contribution in [0.2, 0.25) is 0 Å². The minimum Gasteiger partial charge on any atom is -0.242 e. The lowest BCUT2D eigenvalue weighted by Gasteiger charge is -2.35. The van der Waals surface area contributed by atoms with Gasteiger partial charge in [0.25, 0.3) is 0 Å². The Hall–Kier alpha value is -0.680. The molecule has 1 aromatic rings.